The summed E-state index contributed by atoms with van der Waals surface area (Å²) in [6, 6.07) is 4.50. The summed E-state index contributed by atoms with van der Waals surface area (Å²) < 4.78 is 20.4. The topological polar surface area (TPSA) is 74.0 Å². The highest BCUT2D eigenvalue weighted by Gasteiger charge is 2.33. The molecule has 8 heteroatoms. The highest BCUT2D eigenvalue weighted by Crippen LogP contribution is 2.31. The fraction of sp³-hybridized carbons (Fsp3) is 0.333. The lowest BCUT2D eigenvalue weighted by Gasteiger charge is -2.35. The first-order chi connectivity index (χ1) is 12.5. The van der Waals surface area contributed by atoms with Crippen molar-refractivity contribution in [2.75, 3.05) is 19.8 Å². The summed E-state index contributed by atoms with van der Waals surface area (Å²) in [5, 5.41) is 7.60. The predicted molar refractivity (Wildman–Crippen MR) is 98.6 cm³/mol. The van der Waals surface area contributed by atoms with E-state index in [0.29, 0.717) is 40.8 Å². The van der Waals surface area contributed by atoms with Gasteiger partial charge in [-0.25, -0.2) is 4.39 Å². The molecule has 3 heterocycles. The van der Waals surface area contributed by atoms with Crippen molar-refractivity contribution in [1.29, 1.82) is 0 Å². The molecule has 0 bridgehead atoms. The van der Waals surface area contributed by atoms with Gasteiger partial charge in [0, 0.05) is 27.7 Å². The van der Waals surface area contributed by atoms with Crippen LogP contribution in [-0.4, -0.2) is 45.7 Å². The molecule has 2 aromatic heterocycles. The van der Waals surface area contributed by atoms with E-state index in [-0.39, 0.29) is 17.8 Å². The molecule has 1 saturated heterocycles. The number of fused-ring (bicyclic) bond motifs is 1. The zero-order valence-electron chi connectivity index (χ0n) is 14.4. The Labute approximate surface area is 157 Å². The van der Waals surface area contributed by atoms with Crippen LogP contribution in [0.1, 0.15) is 33.5 Å². The number of morpholine rings is 1. The molecule has 1 unspecified atom stereocenters. The van der Waals surface area contributed by atoms with Crippen LogP contribution < -0.4 is 0 Å². The monoisotopic (exact) mass is 420 g/mol. The van der Waals surface area contributed by atoms with Crippen LogP contribution in [0.4, 0.5) is 4.39 Å². The van der Waals surface area contributed by atoms with E-state index in [2.05, 4.69) is 31.1 Å². The third kappa shape index (κ3) is 2.83. The second-order valence-corrected chi connectivity index (χ2v) is 7.38. The van der Waals surface area contributed by atoms with Gasteiger partial charge in [0.15, 0.2) is 0 Å². The molecule has 1 aromatic carbocycles. The zero-order chi connectivity index (χ0) is 18.4. The quantitative estimate of drug-likeness (QED) is 0.664. The molecule has 1 amide bonds. The minimum Gasteiger partial charge on any atom is -0.377 e. The molecule has 1 atom stereocenters. The lowest BCUT2D eigenvalue weighted by molar-refractivity contribution is -0.00327. The molecule has 136 valence electrons. The second kappa shape index (κ2) is 6.51. The molecule has 2 N–H and O–H groups in total. The average molecular weight is 421 g/mol. The molecule has 1 aliphatic heterocycles. The average Bonchev–Trinajstić information content (AvgIpc) is 3.18. The van der Waals surface area contributed by atoms with Crippen molar-refractivity contribution in [3.63, 3.8) is 0 Å². The van der Waals surface area contributed by atoms with E-state index in [1.807, 2.05) is 13.8 Å². The molecule has 0 radical (unpaired) electrons. The number of H-pyrrole nitrogens is 2. The van der Waals surface area contributed by atoms with Crippen molar-refractivity contribution >= 4 is 32.7 Å². The van der Waals surface area contributed by atoms with Crippen LogP contribution in [0.2, 0.25) is 0 Å². The van der Waals surface area contributed by atoms with E-state index >= 15 is 0 Å². The summed E-state index contributed by atoms with van der Waals surface area (Å²) in [5.74, 6) is -0.547. The summed E-state index contributed by atoms with van der Waals surface area (Å²) in [6.07, 6.45) is 0. The molecule has 1 aliphatic rings. The summed E-state index contributed by atoms with van der Waals surface area (Å²) in [5.41, 5.74) is 3.69. The third-order valence-electron chi connectivity index (χ3n) is 4.79. The van der Waals surface area contributed by atoms with Crippen LogP contribution in [0.5, 0.6) is 0 Å². The summed E-state index contributed by atoms with van der Waals surface area (Å²) in [6.45, 7) is 5.19. The van der Waals surface area contributed by atoms with Gasteiger partial charge in [0.25, 0.3) is 5.91 Å². The molecule has 26 heavy (non-hydrogen) atoms. The van der Waals surface area contributed by atoms with E-state index in [1.165, 1.54) is 6.07 Å². The number of carbonyl (C=O) groups is 1. The highest BCUT2D eigenvalue weighted by atomic mass is 79.9. The van der Waals surface area contributed by atoms with E-state index in [9.17, 15) is 9.18 Å². The van der Waals surface area contributed by atoms with Crippen molar-refractivity contribution in [2.24, 2.45) is 0 Å². The van der Waals surface area contributed by atoms with Gasteiger partial charge < -0.3 is 14.6 Å². The van der Waals surface area contributed by atoms with Crippen LogP contribution in [0, 0.1) is 19.7 Å². The van der Waals surface area contributed by atoms with Gasteiger partial charge >= 0.3 is 0 Å². The van der Waals surface area contributed by atoms with Crippen molar-refractivity contribution in [3.8, 4) is 0 Å². The Morgan fingerprint density at radius 3 is 2.92 bits per heavy atom. The number of ether oxygens (including phenoxy) is 1. The largest absolute Gasteiger partial charge is 0.377 e. The fourth-order valence-corrected chi connectivity index (χ4v) is 4.00. The van der Waals surface area contributed by atoms with Crippen LogP contribution in [0.15, 0.2) is 22.7 Å². The standard InChI is InChI=1S/C18H18BrFN4O2/c1-9-17(10(2)23-22-9)16-8-26-4-3-24(16)18(25)15-7-12-13(20)5-11(19)6-14(12)21-15/h5-7,16,21H,3-4,8H2,1-2H3,(H,22,23). The number of nitrogens with zero attached hydrogens (tertiary/aromatic N) is 2. The summed E-state index contributed by atoms with van der Waals surface area (Å²) in [7, 11) is 0. The molecular formula is C18H18BrFN4O2. The summed E-state index contributed by atoms with van der Waals surface area (Å²) >= 11 is 3.28. The first-order valence-corrected chi connectivity index (χ1v) is 9.13. The smallest absolute Gasteiger partial charge is 0.270 e. The zero-order valence-corrected chi connectivity index (χ0v) is 16.0. The van der Waals surface area contributed by atoms with E-state index < -0.39 is 0 Å². The number of rotatable bonds is 2. The Kier molecular flexibility index (Phi) is 4.32. The van der Waals surface area contributed by atoms with E-state index in [4.69, 9.17) is 4.74 Å². The fourth-order valence-electron chi connectivity index (χ4n) is 3.57. The number of aryl methyl sites for hydroxylation is 2. The number of halogens is 2. The number of nitrogens with one attached hydrogen (secondary N) is 2. The van der Waals surface area contributed by atoms with Gasteiger partial charge in [0.05, 0.1) is 30.5 Å². The minimum absolute atomic E-state index is 0.176. The predicted octanol–water partition coefficient (Wildman–Crippen LogP) is 3.62. The van der Waals surface area contributed by atoms with Gasteiger partial charge in [-0.3, -0.25) is 9.89 Å². The van der Waals surface area contributed by atoms with Gasteiger partial charge in [-0.15, -0.1) is 0 Å². The van der Waals surface area contributed by atoms with Gasteiger partial charge in [-0.2, -0.15) is 5.10 Å². The SMILES string of the molecule is Cc1n[nH]c(C)c1C1COCCN1C(=O)c1cc2c(F)cc(Br)cc2[nH]1. The minimum atomic E-state index is -0.371. The maximum atomic E-state index is 14.2. The maximum Gasteiger partial charge on any atom is 0.270 e. The second-order valence-electron chi connectivity index (χ2n) is 6.47. The molecule has 3 aromatic rings. The van der Waals surface area contributed by atoms with E-state index in [1.54, 1.807) is 17.0 Å². The Morgan fingerprint density at radius 2 is 2.19 bits per heavy atom. The number of benzene rings is 1. The van der Waals surface area contributed by atoms with Crippen molar-refractivity contribution in [1.82, 2.24) is 20.1 Å². The van der Waals surface area contributed by atoms with Gasteiger partial charge in [-0.05, 0) is 32.0 Å². The normalized spacial score (nSPS) is 17.8. The number of hydrogen-bond donors (Lipinski definition) is 2. The third-order valence-corrected chi connectivity index (χ3v) is 5.25. The van der Waals surface area contributed by atoms with Gasteiger partial charge in [-0.1, -0.05) is 15.9 Å². The first kappa shape index (κ1) is 17.2. The molecule has 4 rings (SSSR count). The first-order valence-electron chi connectivity index (χ1n) is 8.33. The number of carbonyl (C=O) groups excluding carboxylic acids is 1. The molecule has 0 saturated carbocycles. The van der Waals surface area contributed by atoms with Crippen LogP contribution in [-0.2, 0) is 4.74 Å². The Balaban J connectivity index is 1.73. The Hall–Kier alpha value is -2.19. The van der Waals surface area contributed by atoms with Crippen molar-refractivity contribution < 1.29 is 13.9 Å². The van der Waals surface area contributed by atoms with Gasteiger partial charge in [0.1, 0.15) is 11.5 Å². The lowest BCUT2D eigenvalue weighted by atomic mass is 10.0. The Morgan fingerprint density at radius 1 is 1.38 bits per heavy atom. The van der Waals surface area contributed by atoms with Gasteiger partial charge in [0.2, 0.25) is 0 Å². The molecule has 1 fully saturated rings. The van der Waals surface area contributed by atoms with Crippen LogP contribution in [0.3, 0.4) is 0 Å². The lowest BCUT2D eigenvalue weighted by Crippen LogP contribution is -2.43. The Bertz CT molecular complexity index is 977. The van der Waals surface area contributed by atoms with Crippen molar-refractivity contribution in [3.05, 3.63) is 51.1 Å². The van der Waals surface area contributed by atoms with Crippen LogP contribution in [0.25, 0.3) is 10.9 Å². The molecule has 0 spiro atoms. The summed E-state index contributed by atoms with van der Waals surface area (Å²) in [4.78, 5) is 18.0. The number of hydrogen-bond acceptors (Lipinski definition) is 3. The van der Waals surface area contributed by atoms with E-state index in [0.717, 1.165) is 17.0 Å². The number of amides is 1. The molecule has 6 nitrogen and oxygen atoms in total. The molecular weight excluding hydrogens is 403 g/mol. The molecule has 0 aliphatic carbocycles. The highest BCUT2D eigenvalue weighted by molar-refractivity contribution is 9.10. The maximum absolute atomic E-state index is 14.2. The number of aromatic amines is 2. The van der Waals surface area contributed by atoms with Crippen LogP contribution >= 0.6 is 15.9 Å². The van der Waals surface area contributed by atoms with Crippen molar-refractivity contribution in [2.45, 2.75) is 19.9 Å². The number of aromatic nitrogens is 3.